The largest absolute Gasteiger partial charge is 0.289 e. The van der Waals surface area contributed by atoms with Gasteiger partial charge < -0.3 is 0 Å². The minimum atomic E-state index is 0.0321. The topological polar surface area (TPSA) is 32.8 Å². The summed E-state index contributed by atoms with van der Waals surface area (Å²) in [5.74, 6) is 0.0321. The van der Waals surface area contributed by atoms with Gasteiger partial charge in [-0.25, -0.2) is 0 Å². The highest BCUT2D eigenvalue weighted by molar-refractivity contribution is 5.70. The second-order valence-electron chi connectivity index (χ2n) is 3.13. The lowest BCUT2D eigenvalue weighted by Crippen LogP contribution is -1.77. The Morgan fingerprint density at radius 3 is 2.47 bits per heavy atom. The van der Waals surface area contributed by atoms with Gasteiger partial charge in [-0.2, -0.15) is 0 Å². The summed E-state index contributed by atoms with van der Waals surface area (Å²) in [4.78, 5) is 4.13. The van der Waals surface area contributed by atoms with Crippen molar-refractivity contribution >= 4 is 12.2 Å². The molecule has 0 aliphatic rings. The van der Waals surface area contributed by atoms with Crippen molar-refractivity contribution in [1.29, 1.82) is 0 Å². The van der Waals surface area contributed by atoms with E-state index in [0.29, 0.717) is 5.56 Å². The first-order valence-corrected chi connectivity index (χ1v) is 4.71. The van der Waals surface area contributed by atoms with Crippen molar-refractivity contribution < 1.29 is 5.11 Å². The van der Waals surface area contributed by atoms with Gasteiger partial charge in [0.2, 0.25) is 0 Å². The Balaban J connectivity index is 2.23. The standard InChI is InChI=1S/C13H10NO/c15-13-7-2-1-5-11(13)8-9-12-6-3-4-10-14-12/h1-10H/b9-8+. The quantitative estimate of drug-likeness (QED) is 0.724. The third-order valence-corrected chi connectivity index (χ3v) is 2.04. The van der Waals surface area contributed by atoms with Gasteiger partial charge in [-0.15, -0.1) is 0 Å². The number of aromatic nitrogens is 1. The van der Waals surface area contributed by atoms with Crippen molar-refractivity contribution in [2.75, 3.05) is 0 Å². The smallest absolute Gasteiger partial charge is 0.185 e. The van der Waals surface area contributed by atoms with Gasteiger partial charge in [0.15, 0.2) is 5.75 Å². The van der Waals surface area contributed by atoms with E-state index in [1.165, 1.54) is 0 Å². The Hall–Kier alpha value is -2.09. The molecule has 0 unspecified atom stereocenters. The summed E-state index contributed by atoms with van der Waals surface area (Å²) in [6.45, 7) is 0. The molecule has 0 saturated heterocycles. The summed E-state index contributed by atoms with van der Waals surface area (Å²) in [6.07, 6.45) is 5.34. The van der Waals surface area contributed by atoms with E-state index in [2.05, 4.69) is 4.98 Å². The lowest BCUT2D eigenvalue weighted by molar-refractivity contribution is 0.354. The Kier molecular flexibility index (Phi) is 2.79. The molecule has 2 heteroatoms. The molecule has 2 aromatic rings. The molecule has 2 nitrogen and oxygen atoms in total. The second-order valence-corrected chi connectivity index (χ2v) is 3.13. The first-order valence-electron chi connectivity index (χ1n) is 4.71. The molecule has 0 saturated carbocycles. The third kappa shape index (κ3) is 2.44. The van der Waals surface area contributed by atoms with E-state index in [-0.39, 0.29) is 5.75 Å². The molecule has 0 fully saturated rings. The van der Waals surface area contributed by atoms with Crippen LogP contribution in [0.2, 0.25) is 0 Å². The normalized spacial score (nSPS) is 10.7. The van der Waals surface area contributed by atoms with Crippen molar-refractivity contribution in [3.63, 3.8) is 0 Å². The lowest BCUT2D eigenvalue weighted by atomic mass is 10.2. The van der Waals surface area contributed by atoms with Crippen molar-refractivity contribution in [3.8, 4) is 5.75 Å². The molecule has 1 aromatic heterocycles. The van der Waals surface area contributed by atoms with Crippen molar-refractivity contribution in [1.82, 2.24) is 4.98 Å². The maximum absolute atomic E-state index is 11.4. The van der Waals surface area contributed by atoms with Gasteiger partial charge in [-0.3, -0.25) is 10.1 Å². The number of hydrogen-bond acceptors (Lipinski definition) is 1. The van der Waals surface area contributed by atoms with Crippen LogP contribution < -0.4 is 0 Å². The molecule has 1 heterocycles. The zero-order chi connectivity index (χ0) is 10.5. The van der Waals surface area contributed by atoms with Crippen LogP contribution in [-0.2, 0) is 5.11 Å². The van der Waals surface area contributed by atoms with Gasteiger partial charge in [-0.1, -0.05) is 24.3 Å². The Labute approximate surface area is 88.5 Å². The monoisotopic (exact) mass is 196 g/mol. The van der Waals surface area contributed by atoms with E-state index in [1.54, 1.807) is 30.5 Å². The van der Waals surface area contributed by atoms with Crippen LogP contribution in [-0.4, -0.2) is 4.98 Å². The number of rotatable bonds is 2. The summed E-state index contributed by atoms with van der Waals surface area (Å²) >= 11 is 0. The van der Waals surface area contributed by atoms with Gasteiger partial charge in [0.05, 0.1) is 5.69 Å². The van der Waals surface area contributed by atoms with Crippen LogP contribution >= 0.6 is 0 Å². The zero-order valence-corrected chi connectivity index (χ0v) is 8.13. The van der Waals surface area contributed by atoms with E-state index in [4.69, 9.17) is 0 Å². The van der Waals surface area contributed by atoms with Crippen molar-refractivity contribution in [3.05, 3.63) is 59.9 Å². The zero-order valence-electron chi connectivity index (χ0n) is 8.13. The maximum atomic E-state index is 11.4. The molecule has 1 aromatic carbocycles. The number of para-hydroxylation sites is 1. The third-order valence-electron chi connectivity index (χ3n) is 2.04. The summed E-state index contributed by atoms with van der Waals surface area (Å²) in [5, 5.41) is 11.4. The van der Waals surface area contributed by atoms with Crippen LogP contribution in [0.15, 0.2) is 48.7 Å². The van der Waals surface area contributed by atoms with Crippen molar-refractivity contribution in [2.24, 2.45) is 0 Å². The highest BCUT2D eigenvalue weighted by atomic mass is 16.3. The van der Waals surface area contributed by atoms with Gasteiger partial charge in [0.1, 0.15) is 0 Å². The van der Waals surface area contributed by atoms with Crippen LogP contribution in [0.5, 0.6) is 5.75 Å². The van der Waals surface area contributed by atoms with E-state index in [9.17, 15) is 5.11 Å². The van der Waals surface area contributed by atoms with Crippen LogP contribution in [0.4, 0.5) is 0 Å². The fraction of sp³-hybridized carbons (Fsp3) is 0. The highest BCUT2D eigenvalue weighted by Gasteiger charge is 1.95. The Morgan fingerprint density at radius 1 is 0.933 bits per heavy atom. The Morgan fingerprint density at radius 2 is 1.73 bits per heavy atom. The highest BCUT2D eigenvalue weighted by Crippen LogP contribution is 2.18. The molecule has 0 atom stereocenters. The Bertz CT molecular complexity index is 463. The minimum absolute atomic E-state index is 0.0321. The summed E-state index contributed by atoms with van der Waals surface area (Å²) in [6, 6.07) is 12.6. The molecular formula is C13H10NO. The first kappa shape index (κ1) is 9.46. The van der Waals surface area contributed by atoms with E-state index >= 15 is 0 Å². The number of pyridine rings is 1. The maximum Gasteiger partial charge on any atom is 0.185 e. The molecule has 0 bridgehead atoms. The van der Waals surface area contributed by atoms with Gasteiger partial charge in [-0.05, 0) is 30.4 Å². The predicted molar refractivity (Wildman–Crippen MR) is 59.7 cm³/mol. The molecule has 73 valence electrons. The molecule has 1 radical (unpaired) electrons. The van der Waals surface area contributed by atoms with E-state index in [1.807, 2.05) is 30.3 Å². The fourth-order valence-electron chi connectivity index (χ4n) is 1.27. The number of hydrogen-bond donors (Lipinski definition) is 0. The van der Waals surface area contributed by atoms with Crippen LogP contribution in [0.3, 0.4) is 0 Å². The summed E-state index contributed by atoms with van der Waals surface area (Å²) in [7, 11) is 0. The fourth-order valence-corrected chi connectivity index (χ4v) is 1.27. The molecule has 0 aliphatic heterocycles. The number of benzene rings is 1. The molecule has 15 heavy (non-hydrogen) atoms. The van der Waals surface area contributed by atoms with Crippen LogP contribution in [0.25, 0.3) is 12.2 Å². The summed E-state index contributed by atoms with van der Waals surface area (Å²) in [5.41, 5.74) is 1.53. The molecule has 0 spiro atoms. The van der Waals surface area contributed by atoms with E-state index < -0.39 is 0 Å². The van der Waals surface area contributed by atoms with Crippen LogP contribution in [0, 0.1) is 0 Å². The average Bonchev–Trinajstić information content (AvgIpc) is 2.29. The molecule has 0 amide bonds. The van der Waals surface area contributed by atoms with Gasteiger partial charge in [0.25, 0.3) is 0 Å². The second kappa shape index (κ2) is 4.42. The molecule has 0 aliphatic carbocycles. The predicted octanol–water partition coefficient (Wildman–Crippen LogP) is 3.40. The molecular weight excluding hydrogens is 186 g/mol. The van der Waals surface area contributed by atoms with E-state index in [0.717, 1.165) is 5.69 Å². The van der Waals surface area contributed by atoms with Gasteiger partial charge in [0, 0.05) is 11.8 Å². The molecule has 0 N–H and O–H groups in total. The first-order chi connectivity index (χ1) is 7.36. The minimum Gasteiger partial charge on any atom is -0.289 e. The van der Waals surface area contributed by atoms with Crippen molar-refractivity contribution in [2.45, 2.75) is 0 Å². The average molecular weight is 196 g/mol. The number of nitrogens with zero attached hydrogens (tertiary/aromatic N) is 1. The summed E-state index contributed by atoms with van der Waals surface area (Å²) < 4.78 is 0. The SMILES string of the molecule is [O]c1ccccc1/C=C/c1ccccn1. The van der Waals surface area contributed by atoms with Gasteiger partial charge >= 0.3 is 0 Å². The molecule has 2 rings (SSSR count). The lowest BCUT2D eigenvalue weighted by Gasteiger charge is -1.94. The van der Waals surface area contributed by atoms with Crippen LogP contribution in [0.1, 0.15) is 11.3 Å².